The van der Waals surface area contributed by atoms with Crippen LogP contribution in [-0.4, -0.2) is 81.1 Å². The zero-order chi connectivity index (χ0) is 18.9. The van der Waals surface area contributed by atoms with Gasteiger partial charge in [0.05, 0.1) is 19.7 Å². The number of benzene rings is 1. The summed E-state index contributed by atoms with van der Waals surface area (Å²) in [5.41, 5.74) is 3.07. The Morgan fingerprint density at radius 1 is 1.04 bits per heavy atom. The number of hydrogen-bond acceptors (Lipinski definition) is 5. The highest BCUT2D eigenvalue weighted by Gasteiger charge is 2.20. The average molecular weight is 362 g/mol. The smallest absolute Gasteiger partial charge is 0.238 e. The van der Waals surface area contributed by atoms with Crippen LogP contribution in [0.4, 0.5) is 5.69 Å². The van der Waals surface area contributed by atoms with Gasteiger partial charge >= 0.3 is 0 Å². The number of nitrogens with one attached hydrogen (secondary N) is 2. The van der Waals surface area contributed by atoms with Crippen molar-refractivity contribution in [1.29, 1.82) is 0 Å². The molecule has 2 amide bonds. The number of nitrogens with zero attached hydrogens (tertiary/aromatic N) is 2. The van der Waals surface area contributed by atoms with Gasteiger partial charge in [0.1, 0.15) is 0 Å². The van der Waals surface area contributed by atoms with E-state index in [1.807, 2.05) is 32.0 Å². The number of anilines is 1. The third-order valence-corrected chi connectivity index (χ3v) is 4.49. The molecule has 0 saturated carbocycles. The molecule has 1 aliphatic rings. The van der Waals surface area contributed by atoms with Crippen molar-refractivity contribution in [2.75, 3.05) is 64.8 Å². The van der Waals surface area contributed by atoms with E-state index in [9.17, 15) is 9.59 Å². The third kappa shape index (κ3) is 6.74. The van der Waals surface area contributed by atoms with Crippen LogP contribution in [0, 0.1) is 13.8 Å². The molecule has 7 heteroatoms. The number of aryl methyl sites for hydroxylation is 2. The molecule has 1 saturated heterocycles. The largest absolute Gasteiger partial charge is 0.383 e. The van der Waals surface area contributed by atoms with Crippen molar-refractivity contribution in [3.63, 3.8) is 0 Å². The van der Waals surface area contributed by atoms with Gasteiger partial charge in [-0.2, -0.15) is 0 Å². The number of ether oxygens (including phenoxy) is 1. The molecule has 1 fully saturated rings. The predicted molar refractivity (Wildman–Crippen MR) is 102 cm³/mol. The molecule has 0 aliphatic carbocycles. The Bertz CT molecular complexity index is 613. The van der Waals surface area contributed by atoms with E-state index in [0.29, 0.717) is 26.2 Å². The molecule has 1 aromatic rings. The molecule has 0 aromatic heterocycles. The second kappa shape index (κ2) is 10.3. The number of carbonyl (C=O) groups is 2. The van der Waals surface area contributed by atoms with Gasteiger partial charge in [0.25, 0.3) is 0 Å². The summed E-state index contributed by atoms with van der Waals surface area (Å²) < 4.78 is 4.92. The molecule has 7 nitrogen and oxygen atoms in total. The van der Waals surface area contributed by atoms with Crippen LogP contribution in [0.25, 0.3) is 0 Å². The molecule has 26 heavy (non-hydrogen) atoms. The Morgan fingerprint density at radius 2 is 1.65 bits per heavy atom. The molecular weight excluding hydrogens is 332 g/mol. The van der Waals surface area contributed by atoms with Gasteiger partial charge in [0.2, 0.25) is 11.8 Å². The number of piperazine rings is 1. The van der Waals surface area contributed by atoms with E-state index in [1.54, 1.807) is 7.11 Å². The van der Waals surface area contributed by atoms with Gasteiger partial charge in [-0.1, -0.05) is 12.1 Å². The van der Waals surface area contributed by atoms with Gasteiger partial charge in [-0.3, -0.25) is 19.4 Å². The van der Waals surface area contributed by atoms with Crippen LogP contribution < -0.4 is 10.6 Å². The van der Waals surface area contributed by atoms with Crippen LogP contribution in [0.1, 0.15) is 11.1 Å². The molecule has 144 valence electrons. The van der Waals surface area contributed by atoms with Crippen LogP contribution >= 0.6 is 0 Å². The van der Waals surface area contributed by atoms with E-state index in [4.69, 9.17) is 4.74 Å². The first kappa shape index (κ1) is 20.4. The van der Waals surface area contributed by atoms with E-state index in [1.165, 1.54) is 0 Å². The lowest BCUT2D eigenvalue weighted by Crippen LogP contribution is -2.51. The van der Waals surface area contributed by atoms with Crippen LogP contribution in [-0.2, 0) is 14.3 Å². The van der Waals surface area contributed by atoms with Crippen molar-refractivity contribution in [2.45, 2.75) is 13.8 Å². The molecule has 2 rings (SSSR count). The lowest BCUT2D eigenvalue weighted by molar-refractivity contribution is -0.123. The summed E-state index contributed by atoms with van der Waals surface area (Å²) in [5.74, 6) is 0.0209. The van der Waals surface area contributed by atoms with E-state index in [-0.39, 0.29) is 11.8 Å². The monoisotopic (exact) mass is 362 g/mol. The first-order valence-electron chi connectivity index (χ1n) is 9.05. The fourth-order valence-electron chi connectivity index (χ4n) is 2.92. The molecule has 2 N–H and O–H groups in total. The number of amides is 2. The minimum absolute atomic E-state index is 0.00413. The molecule has 1 aliphatic heterocycles. The highest BCUT2D eigenvalue weighted by Crippen LogP contribution is 2.16. The van der Waals surface area contributed by atoms with Crippen molar-refractivity contribution < 1.29 is 14.3 Å². The van der Waals surface area contributed by atoms with Gasteiger partial charge in [-0.25, -0.2) is 0 Å². The summed E-state index contributed by atoms with van der Waals surface area (Å²) in [6.45, 7) is 8.97. The van der Waals surface area contributed by atoms with Gasteiger partial charge in [0, 0.05) is 45.5 Å². The normalized spacial score (nSPS) is 15.7. The van der Waals surface area contributed by atoms with Crippen molar-refractivity contribution in [2.24, 2.45) is 0 Å². The van der Waals surface area contributed by atoms with Crippen LogP contribution in [0.15, 0.2) is 18.2 Å². The van der Waals surface area contributed by atoms with Gasteiger partial charge in [-0.15, -0.1) is 0 Å². The summed E-state index contributed by atoms with van der Waals surface area (Å²) in [4.78, 5) is 28.4. The van der Waals surface area contributed by atoms with Crippen molar-refractivity contribution in [3.8, 4) is 0 Å². The van der Waals surface area contributed by atoms with Crippen molar-refractivity contribution in [3.05, 3.63) is 29.3 Å². The average Bonchev–Trinajstić information content (AvgIpc) is 2.60. The standard InChI is InChI=1S/C19H30N4O3/c1-15-4-5-16(2)17(12-15)21-19(25)14-23-9-7-22(8-10-23)13-18(24)20-6-11-26-3/h4-5,12H,6-11,13-14H2,1-3H3,(H,20,24)(H,21,25). The van der Waals surface area contributed by atoms with Gasteiger partial charge in [-0.05, 0) is 31.0 Å². The summed E-state index contributed by atoms with van der Waals surface area (Å²) in [5, 5.41) is 5.83. The van der Waals surface area contributed by atoms with E-state index < -0.39 is 0 Å². The first-order chi connectivity index (χ1) is 12.5. The zero-order valence-electron chi connectivity index (χ0n) is 16.0. The molecular formula is C19H30N4O3. The number of carbonyl (C=O) groups excluding carboxylic acids is 2. The maximum Gasteiger partial charge on any atom is 0.238 e. The second-order valence-corrected chi connectivity index (χ2v) is 6.76. The molecule has 0 spiro atoms. The second-order valence-electron chi connectivity index (χ2n) is 6.76. The minimum Gasteiger partial charge on any atom is -0.383 e. The first-order valence-corrected chi connectivity index (χ1v) is 9.05. The highest BCUT2D eigenvalue weighted by atomic mass is 16.5. The number of rotatable bonds is 8. The SMILES string of the molecule is COCCNC(=O)CN1CCN(CC(=O)Nc2cc(C)ccc2C)CC1. The van der Waals surface area contributed by atoms with Crippen molar-refractivity contribution in [1.82, 2.24) is 15.1 Å². The highest BCUT2D eigenvalue weighted by molar-refractivity contribution is 5.93. The number of hydrogen-bond donors (Lipinski definition) is 2. The zero-order valence-corrected chi connectivity index (χ0v) is 16.0. The summed E-state index contributed by atoms with van der Waals surface area (Å²) in [7, 11) is 1.61. The molecule has 1 heterocycles. The lowest BCUT2D eigenvalue weighted by atomic mass is 10.1. The molecule has 1 aromatic carbocycles. The number of methoxy groups -OCH3 is 1. The fourth-order valence-corrected chi connectivity index (χ4v) is 2.92. The Balaban J connectivity index is 1.70. The molecule has 0 radical (unpaired) electrons. The lowest BCUT2D eigenvalue weighted by Gasteiger charge is -2.33. The van der Waals surface area contributed by atoms with E-state index in [0.717, 1.165) is 43.0 Å². The molecule has 0 bridgehead atoms. The maximum atomic E-state index is 12.3. The fraction of sp³-hybridized carbons (Fsp3) is 0.579. The minimum atomic E-state index is 0.00413. The van der Waals surface area contributed by atoms with Crippen molar-refractivity contribution >= 4 is 17.5 Å². The predicted octanol–water partition coefficient (Wildman–Crippen LogP) is 0.622. The topological polar surface area (TPSA) is 73.9 Å². The Labute approximate surface area is 155 Å². The summed E-state index contributed by atoms with van der Waals surface area (Å²) in [6.07, 6.45) is 0. The van der Waals surface area contributed by atoms with E-state index in [2.05, 4.69) is 20.4 Å². The summed E-state index contributed by atoms with van der Waals surface area (Å²) in [6, 6.07) is 6.05. The van der Waals surface area contributed by atoms with Crippen LogP contribution in [0.5, 0.6) is 0 Å². The summed E-state index contributed by atoms with van der Waals surface area (Å²) >= 11 is 0. The Hall–Kier alpha value is -1.96. The Kier molecular flexibility index (Phi) is 8.03. The third-order valence-electron chi connectivity index (χ3n) is 4.49. The Morgan fingerprint density at radius 3 is 2.27 bits per heavy atom. The van der Waals surface area contributed by atoms with Gasteiger partial charge < -0.3 is 15.4 Å². The van der Waals surface area contributed by atoms with Crippen LogP contribution in [0.2, 0.25) is 0 Å². The molecule has 0 atom stereocenters. The quantitative estimate of drug-likeness (QED) is 0.664. The molecule has 0 unspecified atom stereocenters. The maximum absolute atomic E-state index is 12.3. The van der Waals surface area contributed by atoms with Gasteiger partial charge in [0.15, 0.2) is 0 Å². The van der Waals surface area contributed by atoms with E-state index >= 15 is 0 Å². The van der Waals surface area contributed by atoms with Crippen LogP contribution in [0.3, 0.4) is 0 Å².